The zero-order chi connectivity index (χ0) is 14.0. The zero-order valence-electron chi connectivity index (χ0n) is 10.6. The maximum absolute atomic E-state index is 11.7. The summed E-state index contributed by atoms with van der Waals surface area (Å²) in [7, 11) is 0. The first-order valence-corrected chi connectivity index (χ1v) is 6.52. The number of benzene rings is 1. The number of anilines is 2. The summed E-state index contributed by atoms with van der Waals surface area (Å²) in [5, 5.41) is 12.8. The fourth-order valence-corrected chi connectivity index (χ4v) is 3.00. The van der Waals surface area contributed by atoms with Crippen LogP contribution in [-0.4, -0.2) is 16.9 Å². The number of carbonyl (C=O) groups excluding carboxylic acids is 1. The van der Waals surface area contributed by atoms with Crippen molar-refractivity contribution in [3.8, 4) is 0 Å². The van der Waals surface area contributed by atoms with Crippen LogP contribution in [-0.2, 0) is 0 Å². The van der Waals surface area contributed by atoms with Crippen molar-refractivity contribution in [2.24, 2.45) is 0 Å². The molecule has 2 N–H and O–H groups in total. The first-order valence-electron chi connectivity index (χ1n) is 5.70. The van der Waals surface area contributed by atoms with Gasteiger partial charge < -0.3 is 10.4 Å². The fraction of sp³-hybridized carbons (Fsp3) is 0.143. The third-order valence-corrected chi connectivity index (χ3v) is 3.92. The molecule has 1 aromatic carbocycles. The lowest BCUT2D eigenvalue weighted by Crippen LogP contribution is -2.00. The van der Waals surface area contributed by atoms with Crippen LogP contribution in [0.4, 0.5) is 10.7 Å². The Morgan fingerprint density at radius 2 is 1.84 bits per heavy atom. The molecule has 2 rings (SSSR count). The number of carboxylic acids is 1. The fourth-order valence-electron chi connectivity index (χ4n) is 1.88. The Hall–Kier alpha value is -2.14. The van der Waals surface area contributed by atoms with Crippen LogP contribution in [0.3, 0.4) is 0 Å². The van der Waals surface area contributed by atoms with Gasteiger partial charge in [-0.15, -0.1) is 11.3 Å². The van der Waals surface area contributed by atoms with Gasteiger partial charge >= 0.3 is 5.97 Å². The lowest BCUT2D eigenvalue weighted by atomic mass is 10.1. The van der Waals surface area contributed by atoms with Crippen LogP contribution in [0.25, 0.3) is 0 Å². The molecule has 0 spiro atoms. The van der Waals surface area contributed by atoms with Gasteiger partial charge in [0, 0.05) is 5.69 Å². The van der Waals surface area contributed by atoms with Crippen LogP contribution in [0.2, 0.25) is 0 Å². The molecule has 1 heterocycles. The van der Waals surface area contributed by atoms with Gasteiger partial charge in [-0.05, 0) is 31.5 Å². The van der Waals surface area contributed by atoms with Gasteiger partial charge in [0.05, 0.1) is 5.56 Å². The largest absolute Gasteiger partial charge is 0.477 e. The third-order valence-electron chi connectivity index (χ3n) is 2.72. The number of carboxylic acid groups (broad SMARTS) is 1. The summed E-state index contributed by atoms with van der Waals surface area (Å²) in [5.41, 5.74) is 1.79. The molecule has 0 atom stereocenters. The number of ketones is 1. The van der Waals surface area contributed by atoms with Gasteiger partial charge in [-0.25, -0.2) is 4.79 Å². The highest BCUT2D eigenvalue weighted by molar-refractivity contribution is 7.18. The first kappa shape index (κ1) is 13.3. The molecular formula is C14H13NO3S. The highest BCUT2D eigenvalue weighted by atomic mass is 32.1. The Bertz CT molecular complexity index is 632. The van der Waals surface area contributed by atoms with Crippen LogP contribution in [0.15, 0.2) is 30.3 Å². The van der Waals surface area contributed by atoms with Crippen LogP contribution in [0.5, 0.6) is 0 Å². The van der Waals surface area contributed by atoms with Gasteiger partial charge in [-0.2, -0.15) is 0 Å². The van der Waals surface area contributed by atoms with E-state index in [2.05, 4.69) is 5.32 Å². The second-order valence-electron chi connectivity index (χ2n) is 4.11. The van der Waals surface area contributed by atoms with Gasteiger partial charge in [-0.1, -0.05) is 18.2 Å². The lowest BCUT2D eigenvalue weighted by molar-refractivity contribution is 0.0701. The molecule has 0 unspecified atom stereocenters. The SMILES string of the molecule is CC(=O)c1c(Nc2ccccc2)sc(C(=O)O)c1C. The molecule has 0 saturated carbocycles. The average Bonchev–Trinajstić information content (AvgIpc) is 2.67. The molecule has 98 valence electrons. The van der Waals surface area contributed by atoms with E-state index in [1.54, 1.807) is 6.92 Å². The van der Waals surface area contributed by atoms with Gasteiger partial charge in [0.2, 0.25) is 0 Å². The molecule has 2 aromatic rings. The molecule has 4 nitrogen and oxygen atoms in total. The quantitative estimate of drug-likeness (QED) is 0.835. The molecule has 1 aromatic heterocycles. The minimum atomic E-state index is -1.01. The summed E-state index contributed by atoms with van der Waals surface area (Å²) in [6.45, 7) is 3.10. The minimum Gasteiger partial charge on any atom is -0.477 e. The van der Waals surface area contributed by atoms with Crippen molar-refractivity contribution < 1.29 is 14.7 Å². The second kappa shape index (κ2) is 5.24. The Balaban J connectivity index is 2.48. The summed E-state index contributed by atoms with van der Waals surface area (Å²) < 4.78 is 0. The summed E-state index contributed by atoms with van der Waals surface area (Å²) in [6, 6.07) is 9.35. The normalized spacial score (nSPS) is 10.2. The Kier molecular flexibility index (Phi) is 3.66. The molecule has 5 heteroatoms. The number of rotatable bonds is 4. The second-order valence-corrected chi connectivity index (χ2v) is 5.13. The van der Waals surface area contributed by atoms with Crippen molar-refractivity contribution in [2.75, 3.05) is 5.32 Å². The summed E-state index contributed by atoms with van der Waals surface area (Å²) in [4.78, 5) is 23.0. The summed E-state index contributed by atoms with van der Waals surface area (Å²) >= 11 is 1.09. The molecule has 0 amide bonds. The number of Topliss-reactive ketones (excluding diaryl/α,β-unsaturated/α-hetero) is 1. The number of carbonyl (C=O) groups is 2. The Labute approximate surface area is 114 Å². The average molecular weight is 275 g/mol. The third kappa shape index (κ3) is 2.66. The molecular weight excluding hydrogens is 262 g/mol. The van der Waals surface area contributed by atoms with Crippen LogP contribution >= 0.6 is 11.3 Å². The number of thiophene rings is 1. The van der Waals surface area contributed by atoms with Crippen molar-refractivity contribution in [2.45, 2.75) is 13.8 Å². The van der Waals surface area contributed by atoms with E-state index in [1.807, 2.05) is 30.3 Å². The Morgan fingerprint density at radius 3 is 2.37 bits per heavy atom. The molecule has 0 bridgehead atoms. The van der Waals surface area contributed by atoms with Crippen molar-refractivity contribution in [1.29, 1.82) is 0 Å². The number of hydrogen-bond acceptors (Lipinski definition) is 4. The van der Waals surface area contributed by atoms with E-state index in [1.165, 1.54) is 6.92 Å². The van der Waals surface area contributed by atoms with E-state index in [4.69, 9.17) is 5.11 Å². The highest BCUT2D eigenvalue weighted by Crippen LogP contribution is 2.35. The molecule has 0 aliphatic heterocycles. The van der Waals surface area contributed by atoms with E-state index in [0.717, 1.165) is 17.0 Å². The Morgan fingerprint density at radius 1 is 1.21 bits per heavy atom. The molecule has 0 aliphatic carbocycles. The van der Waals surface area contributed by atoms with Gasteiger partial charge in [0.15, 0.2) is 5.78 Å². The van der Waals surface area contributed by atoms with Crippen molar-refractivity contribution in [3.63, 3.8) is 0 Å². The molecule has 0 fully saturated rings. The summed E-state index contributed by atoms with van der Waals surface area (Å²) in [5.74, 6) is -1.15. The van der Waals surface area contributed by atoms with E-state index in [-0.39, 0.29) is 10.7 Å². The lowest BCUT2D eigenvalue weighted by Gasteiger charge is -2.05. The topological polar surface area (TPSA) is 66.4 Å². The van der Waals surface area contributed by atoms with Crippen LogP contribution in [0.1, 0.15) is 32.5 Å². The number of aromatic carboxylic acids is 1. The van der Waals surface area contributed by atoms with Gasteiger partial charge in [0.25, 0.3) is 0 Å². The van der Waals surface area contributed by atoms with E-state index in [9.17, 15) is 9.59 Å². The van der Waals surface area contributed by atoms with E-state index < -0.39 is 5.97 Å². The smallest absolute Gasteiger partial charge is 0.346 e. The highest BCUT2D eigenvalue weighted by Gasteiger charge is 2.22. The van der Waals surface area contributed by atoms with Gasteiger partial charge in [0.1, 0.15) is 9.88 Å². The van der Waals surface area contributed by atoms with Crippen LogP contribution in [0, 0.1) is 6.92 Å². The predicted octanol–water partition coefficient (Wildman–Crippen LogP) is 3.70. The number of nitrogens with one attached hydrogen (secondary N) is 1. The number of hydrogen-bond donors (Lipinski definition) is 2. The minimum absolute atomic E-state index is 0.139. The van der Waals surface area contributed by atoms with Crippen molar-refractivity contribution in [3.05, 3.63) is 46.3 Å². The number of para-hydroxylation sites is 1. The molecule has 0 saturated heterocycles. The first-order chi connectivity index (χ1) is 9.00. The molecule has 0 radical (unpaired) electrons. The predicted molar refractivity (Wildman–Crippen MR) is 75.7 cm³/mol. The van der Waals surface area contributed by atoms with Gasteiger partial charge in [-0.3, -0.25) is 4.79 Å². The maximum atomic E-state index is 11.7. The van der Waals surface area contributed by atoms with Crippen LogP contribution < -0.4 is 5.32 Å². The van der Waals surface area contributed by atoms with Crippen molar-refractivity contribution in [1.82, 2.24) is 0 Å². The standard InChI is InChI=1S/C14H13NO3S/c1-8-11(9(2)16)13(19-12(8)14(17)18)15-10-6-4-3-5-7-10/h3-7,15H,1-2H3,(H,17,18). The maximum Gasteiger partial charge on any atom is 0.346 e. The van der Waals surface area contributed by atoms with E-state index >= 15 is 0 Å². The zero-order valence-corrected chi connectivity index (χ0v) is 11.4. The molecule has 0 aliphatic rings. The molecule has 19 heavy (non-hydrogen) atoms. The monoisotopic (exact) mass is 275 g/mol. The summed E-state index contributed by atoms with van der Waals surface area (Å²) in [6.07, 6.45) is 0. The van der Waals surface area contributed by atoms with Crippen molar-refractivity contribution >= 4 is 33.8 Å². The van der Waals surface area contributed by atoms with E-state index in [0.29, 0.717) is 16.1 Å².